The van der Waals surface area contributed by atoms with Gasteiger partial charge in [0.15, 0.2) is 11.5 Å². The third-order valence-corrected chi connectivity index (χ3v) is 3.37. The van der Waals surface area contributed by atoms with Gasteiger partial charge in [-0.25, -0.2) is 4.98 Å². The number of alkyl halides is 1. The van der Waals surface area contributed by atoms with Crippen LogP contribution < -0.4 is 9.47 Å². The fourth-order valence-corrected chi connectivity index (χ4v) is 2.35. The van der Waals surface area contributed by atoms with Crippen LogP contribution in [0.4, 0.5) is 0 Å². The van der Waals surface area contributed by atoms with Crippen molar-refractivity contribution in [3.63, 3.8) is 0 Å². The highest BCUT2D eigenvalue weighted by Gasteiger charge is 2.13. The number of oxazole rings is 1. The lowest BCUT2D eigenvalue weighted by molar-refractivity contribution is 0.355. The van der Waals surface area contributed by atoms with Gasteiger partial charge in [-0.1, -0.05) is 22.6 Å². The van der Waals surface area contributed by atoms with Crippen molar-refractivity contribution >= 4 is 22.6 Å². The van der Waals surface area contributed by atoms with Crippen LogP contribution in [0.25, 0.3) is 11.5 Å². The Balaban J connectivity index is 2.44. The van der Waals surface area contributed by atoms with Gasteiger partial charge >= 0.3 is 0 Å². The van der Waals surface area contributed by atoms with Crippen molar-refractivity contribution in [2.45, 2.75) is 11.4 Å². The third kappa shape index (κ3) is 2.45. The fourth-order valence-electron chi connectivity index (χ4n) is 1.64. The van der Waals surface area contributed by atoms with E-state index in [0.29, 0.717) is 17.4 Å². The number of halogens is 1. The molecule has 0 N–H and O–H groups in total. The lowest BCUT2D eigenvalue weighted by Gasteiger charge is -2.07. The van der Waals surface area contributed by atoms with E-state index >= 15 is 0 Å². The van der Waals surface area contributed by atoms with Crippen molar-refractivity contribution in [3.05, 3.63) is 29.7 Å². The van der Waals surface area contributed by atoms with E-state index in [2.05, 4.69) is 27.6 Å². The molecular formula is C13H14INO3. The zero-order valence-corrected chi connectivity index (χ0v) is 12.6. The summed E-state index contributed by atoms with van der Waals surface area (Å²) in [6.45, 7) is 1.92. The molecule has 4 nitrogen and oxygen atoms in total. The molecule has 0 amide bonds. The van der Waals surface area contributed by atoms with E-state index in [9.17, 15) is 0 Å². The molecule has 96 valence electrons. The molecule has 0 atom stereocenters. The van der Waals surface area contributed by atoms with Gasteiger partial charge in [0.1, 0.15) is 5.76 Å². The third-order valence-electron chi connectivity index (χ3n) is 2.65. The number of aryl methyl sites for hydroxylation is 1. The number of hydrogen-bond acceptors (Lipinski definition) is 4. The highest BCUT2D eigenvalue weighted by atomic mass is 127. The maximum absolute atomic E-state index is 5.65. The van der Waals surface area contributed by atoms with Gasteiger partial charge in [-0.15, -0.1) is 0 Å². The van der Waals surface area contributed by atoms with E-state index < -0.39 is 0 Å². The summed E-state index contributed by atoms with van der Waals surface area (Å²) in [6, 6.07) is 5.61. The van der Waals surface area contributed by atoms with Gasteiger partial charge in [-0.05, 0) is 25.1 Å². The van der Waals surface area contributed by atoms with Crippen LogP contribution >= 0.6 is 22.6 Å². The number of benzene rings is 1. The van der Waals surface area contributed by atoms with Crippen molar-refractivity contribution in [2.24, 2.45) is 0 Å². The Morgan fingerprint density at radius 3 is 2.50 bits per heavy atom. The highest BCUT2D eigenvalue weighted by molar-refractivity contribution is 14.1. The van der Waals surface area contributed by atoms with Crippen molar-refractivity contribution in [1.29, 1.82) is 0 Å². The van der Waals surface area contributed by atoms with Crippen LogP contribution in [-0.2, 0) is 4.43 Å². The molecular weight excluding hydrogens is 345 g/mol. The Hall–Kier alpha value is -1.24. The number of aromatic nitrogens is 1. The summed E-state index contributed by atoms with van der Waals surface area (Å²) in [5, 5.41) is 0. The van der Waals surface area contributed by atoms with Gasteiger partial charge in [-0.2, -0.15) is 0 Å². The molecule has 0 saturated heterocycles. The SMILES string of the molecule is COc1ccc(-c2nc(CI)c(C)o2)cc1OC. The molecule has 0 radical (unpaired) electrons. The van der Waals surface area contributed by atoms with E-state index in [0.717, 1.165) is 21.4 Å². The average molecular weight is 359 g/mol. The smallest absolute Gasteiger partial charge is 0.226 e. The summed E-state index contributed by atoms with van der Waals surface area (Å²) in [5.41, 5.74) is 1.85. The normalized spacial score (nSPS) is 10.4. The van der Waals surface area contributed by atoms with E-state index in [1.54, 1.807) is 14.2 Å². The first-order valence-corrected chi connectivity index (χ1v) is 6.96. The van der Waals surface area contributed by atoms with Crippen LogP contribution in [0, 0.1) is 6.92 Å². The molecule has 2 aromatic rings. The van der Waals surface area contributed by atoms with Gasteiger partial charge in [-0.3, -0.25) is 0 Å². The molecule has 0 spiro atoms. The standard InChI is InChI=1S/C13H14INO3/c1-8-10(7-14)15-13(18-8)9-4-5-11(16-2)12(6-9)17-3/h4-6H,7H2,1-3H3. The Morgan fingerprint density at radius 2 is 1.94 bits per heavy atom. The zero-order chi connectivity index (χ0) is 13.1. The lowest BCUT2D eigenvalue weighted by atomic mass is 10.2. The summed E-state index contributed by atoms with van der Waals surface area (Å²) in [7, 11) is 3.22. The first-order valence-electron chi connectivity index (χ1n) is 5.44. The fraction of sp³-hybridized carbons (Fsp3) is 0.308. The molecule has 1 aromatic heterocycles. The van der Waals surface area contributed by atoms with Crippen LogP contribution in [-0.4, -0.2) is 19.2 Å². The summed E-state index contributed by atoms with van der Waals surface area (Å²) in [5.74, 6) is 2.83. The number of rotatable bonds is 4. The lowest BCUT2D eigenvalue weighted by Crippen LogP contribution is -1.91. The molecule has 0 fully saturated rings. The van der Waals surface area contributed by atoms with Crippen molar-refractivity contribution in [2.75, 3.05) is 14.2 Å². The van der Waals surface area contributed by atoms with Gasteiger partial charge in [0.25, 0.3) is 0 Å². The van der Waals surface area contributed by atoms with E-state index in [1.165, 1.54) is 0 Å². The second-order valence-electron chi connectivity index (χ2n) is 3.73. The average Bonchev–Trinajstić information content (AvgIpc) is 2.79. The van der Waals surface area contributed by atoms with E-state index in [4.69, 9.17) is 13.9 Å². The molecule has 0 aliphatic carbocycles. The Morgan fingerprint density at radius 1 is 1.22 bits per heavy atom. The van der Waals surface area contributed by atoms with Gasteiger partial charge in [0, 0.05) is 9.99 Å². The number of nitrogens with zero attached hydrogens (tertiary/aromatic N) is 1. The first-order chi connectivity index (χ1) is 8.69. The van der Waals surface area contributed by atoms with Crippen LogP contribution in [0.1, 0.15) is 11.5 Å². The molecule has 18 heavy (non-hydrogen) atoms. The Kier molecular flexibility index (Phi) is 4.11. The Bertz CT molecular complexity index is 551. The minimum Gasteiger partial charge on any atom is -0.493 e. The van der Waals surface area contributed by atoms with E-state index in [1.807, 2.05) is 25.1 Å². The summed E-state index contributed by atoms with van der Waals surface area (Å²) in [4.78, 5) is 4.46. The molecule has 5 heteroatoms. The molecule has 2 rings (SSSR count). The maximum atomic E-state index is 5.65. The van der Waals surface area contributed by atoms with Crippen molar-refractivity contribution in [3.8, 4) is 23.0 Å². The van der Waals surface area contributed by atoms with Gasteiger partial charge < -0.3 is 13.9 Å². The number of methoxy groups -OCH3 is 2. The zero-order valence-electron chi connectivity index (χ0n) is 10.5. The van der Waals surface area contributed by atoms with Crippen molar-refractivity contribution in [1.82, 2.24) is 4.98 Å². The summed E-state index contributed by atoms with van der Waals surface area (Å²) < 4.78 is 17.0. The highest BCUT2D eigenvalue weighted by Crippen LogP contribution is 2.32. The predicted octanol–water partition coefficient (Wildman–Crippen LogP) is 3.60. The van der Waals surface area contributed by atoms with Crippen LogP contribution in [0.3, 0.4) is 0 Å². The van der Waals surface area contributed by atoms with E-state index in [-0.39, 0.29) is 0 Å². The topological polar surface area (TPSA) is 44.5 Å². The maximum Gasteiger partial charge on any atom is 0.226 e. The van der Waals surface area contributed by atoms with Crippen LogP contribution in [0.15, 0.2) is 22.6 Å². The minimum atomic E-state index is 0.611. The molecule has 0 saturated carbocycles. The Labute approximate surface area is 119 Å². The number of ether oxygens (including phenoxy) is 2. The molecule has 1 aromatic carbocycles. The molecule has 0 aliphatic heterocycles. The quantitative estimate of drug-likeness (QED) is 0.618. The molecule has 1 heterocycles. The first kappa shape index (κ1) is 13.2. The summed E-state index contributed by atoms with van der Waals surface area (Å²) in [6.07, 6.45) is 0. The second kappa shape index (κ2) is 5.60. The minimum absolute atomic E-state index is 0.611. The molecule has 0 aliphatic rings. The monoisotopic (exact) mass is 359 g/mol. The largest absolute Gasteiger partial charge is 0.493 e. The van der Waals surface area contributed by atoms with Crippen LogP contribution in [0.2, 0.25) is 0 Å². The summed E-state index contributed by atoms with van der Waals surface area (Å²) >= 11 is 2.27. The molecule has 0 unspecified atom stereocenters. The van der Waals surface area contributed by atoms with Gasteiger partial charge in [0.2, 0.25) is 5.89 Å². The van der Waals surface area contributed by atoms with Crippen LogP contribution in [0.5, 0.6) is 11.5 Å². The van der Waals surface area contributed by atoms with Crippen molar-refractivity contribution < 1.29 is 13.9 Å². The second-order valence-corrected chi connectivity index (χ2v) is 4.49. The van der Waals surface area contributed by atoms with Gasteiger partial charge in [0.05, 0.1) is 19.9 Å². The molecule has 0 bridgehead atoms. The predicted molar refractivity (Wildman–Crippen MR) is 77.5 cm³/mol. The number of hydrogen-bond donors (Lipinski definition) is 0.